The van der Waals surface area contributed by atoms with Crippen LogP contribution in [0, 0.1) is 18.8 Å². The van der Waals surface area contributed by atoms with Gasteiger partial charge in [0.2, 0.25) is 0 Å². The van der Waals surface area contributed by atoms with Gasteiger partial charge in [0.1, 0.15) is 5.82 Å². The Kier molecular flexibility index (Phi) is 5.93. The van der Waals surface area contributed by atoms with Crippen molar-refractivity contribution >= 4 is 29.0 Å². The molecule has 7 heteroatoms. The van der Waals surface area contributed by atoms with Crippen molar-refractivity contribution in [1.82, 2.24) is 14.8 Å². The van der Waals surface area contributed by atoms with Crippen LogP contribution in [0.3, 0.4) is 0 Å². The number of halogens is 1. The van der Waals surface area contributed by atoms with Gasteiger partial charge in [0, 0.05) is 52.4 Å². The summed E-state index contributed by atoms with van der Waals surface area (Å²) in [6, 6.07) is 14.2. The number of aryl methyl sites for hydroxylation is 2. The van der Waals surface area contributed by atoms with E-state index in [0.717, 1.165) is 22.3 Å². The van der Waals surface area contributed by atoms with E-state index in [1.165, 1.54) is 0 Å². The Hall–Kier alpha value is -4.08. The second kappa shape index (κ2) is 8.96. The van der Waals surface area contributed by atoms with Crippen LogP contribution in [0.15, 0.2) is 67.1 Å². The molecule has 6 nitrogen and oxygen atoms in total. The van der Waals surface area contributed by atoms with Crippen molar-refractivity contribution in [3.05, 3.63) is 94.4 Å². The highest BCUT2D eigenvalue weighted by molar-refractivity contribution is 6.30. The van der Waals surface area contributed by atoms with Gasteiger partial charge >= 0.3 is 0 Å². The molecule has 0 aliphatic carbocycles. The zero-order chi connectivity index (χ0) is 22.7. The summed E-state index contributed by atoms with van der Waals surface area (Å²) in [6.45, 7) is 1.91. The van der Waals surface area contributed by atoms with Gasteiger partial charge in [-0.3, -0.25) is 9.48 Å². The van der Waals surface area contributed by atoms with Crippen molar-refractivity contribution in [3.63, 3.8) is 0 Å². The highest BCUT2D eigenvalue weighted by atomic mass is 35.5. The van der Waals surface area contributed by atoms with Crippen LogP contribution < -0.4 is 11.1 Å². The van der Waals surface area contributed by atoms with Crippen LogP contribution in [0.5, 0.6) is 0 Å². The van der Waals surface area contributed by atoms with Crippen molar-refractivity contribution in [2.24, 2.45) is 7.05 Å². The Bertz CT molecular complexity index is 1360. The molecule has 0 aliphatic rings. The van der Waals surface area contributed by atoms with Crippen LogP contribution in [0.25, 0.3) is 11.1 Å². The summed E-state index contributed by atoms with van der Waals surface area (Å²) in [7, 11) is 1.86. The average molecular weight is 442 g/mol. The predicted octanol–water partition coefficient (Wildman–Crippen LogP) is 4.68. The zero-order valence-electron chi connectivity index (χ0n) is 17.6. The number of aromatic nitrogens is 3. The summed E-state index contributed by atoms with van der Waals surface area (Å²) in [6.07, 6.45) is 5.38. The third-order valence-electron chi connectivity index (χ3n) is 4.88. The number of nitrogens with zero attached hydrogens (tertiary/aromatic N) is 3. The predicted molar refractivity (Wildman–Crippen MR) is 127 cm³/mol. The molecule has 32 heavy (non-hydrogen) atoms. The zero-order valence-corrected chi connectivity index (χ0v) is 18.3. The smallest absolute Gasteiger partial charge is 0.255 e. The lowest BCUT2D eigenvalue weighted by atomic mass is 10.0. The van der Waals surface area contributed by atoms with Crippen LogP contribution >= 0.6 is 11.6 Å². The normalized spacial score (nSPS) is 10.3. The van der Waals surface area contributed by atoms with Crippen molar-refractivity contribution in [3.8, 4) is 23.0 Å². The van der Waals surface area contributed by atoms with Crippen molar-refractivity contribution in [2.45, 2.75) is 6.92 Å². The van der Waals surface area contributed by atoms with E-state index >= 15 is 0 Å². The van der Waals surface area contributed by atoms with E-state index in [-0.39, 0.29) is 5.91 Å². The van der Waals surface area contributed by atoms with E-state index in [2.05, 4.69) is 27.2 Å². The number of nitrogens with two attached hydrogens (primary N) is 1. The van der Waals surface area contributed by atoms with Gasteiger partial charge < -0.3 is 11.1 Å². The molecule has 0 aliphatic heterocycles. The van der Waals surface area contributed by atoms with Gasteiger partial charge in [-0.1, -0.05) is 23.4 Å². The molecule has 0 saturated heterocycles. The number of carbonyl (C=O) groups is 1. The maximum atomic E-state index is 12.5. The fourth-order valence-electron chi connectivity index (χ4n) is 3.12. The fraction of sp³-hybridized carbons (Fsp3) is 0.0800. The first-order valence-corrected chi connectivity index (χ1v) is 10.2. The third-order valence-corrected chi connectivity index (χ3v) is 5.13. The van der Waals surface area contributed by atoms with Gasteiger partial charge in [-0.15, -0.1) is 0 Å². The number of hydrogen-bond donors (Lipinski definition) is 2. The van der Waals surface area contributed by atoms with Crippen LogP contribution in [0.2, 0.25) is 5.02 Å². The van der Waals surface area contributed by atoms with Gasteiger partial charge in [0.15, 0.2) is 0 Å². The summed E-state index contributed by atoms with van der Waals surface area (Å²) in [5.41, 5.74) is 11.4. The topological polar surface area (TPSA) is 85.8 Å². The molecule has 0 unspecified atom stereocenters. The molecule has 2 aromatic heterocycles. The van der Waals surface area contributed by atoms with E-state index in [0.29, 0.717) is 27.7 Å². The van der Waals surface area contributed by atoms with Crippen molar-refractivity contribution in [1.29, 1.82) is 0 Å². The van der Waals surface area contributed by atoms with Crippen molar-refractivity contribution in [2.75, 3.05) is 11.1 Å². The maximum absolute atomic E-state index is 12.5. The highest BCUT2D eigenvalue weighted by Crippen LogP contribution is 2.21. The first kappa shape index (κ1) is 21.2. The number of benzene rings is 2. The van der Waals surface area contributed by atoms with E-state index in [4.69, 9.17) is 17.3 Å². The summed E-state index contributed by atoms with van der Waals surface area (Å²) < 4.78 is 1.73. The minimum atomic E-state index is -0.201. The largest absolute Gasteiger partial charge is 0.383 e. The minimum absolute atomic E-state index is 0.201. The van der Waals surface area contributed by atoms with Crippen LogP contribution in [-0.4, -0.2) is 20.7 Å². The second-order valence-corrected chi connectivity index (χ2v) is 7.74. The number of anilines is 2. The molecule has 0 bridgehead atoms. The van der Waals surface area contributed by atoms with Crippen LogP contribution in [-0.2, 0) is 7.05 Å². The number of amides is 1. The lowest BCUT2D eigenvalue weighted by Gasteiger charge is -2.07. The molecule has 2 aromatic carbocycles. The molecule has 4 rings (SSSR count). The van der Waals surface area contributed by atoms with Gasteiger partial charge in [0.05, 0.1) is 11.8 Å². The Morgan fingerprint density at radius 1 is 1.03 bits per heavy atom. The number of rotatable bonds is 3. The fourth-order valence-corrected chi connectivity index (χ4v) is 3.25. The third kappa shape index (κ3) is 4.80. The number of hydrogen-bond acceptors (Lipinski definition) is 4. The second-order valence-electron chi connectivity index (χ2n) is 7.30. The van der Waals surface area contributed by atoms with E-state index in [9.17, 15) is 4.79 Å². The summed E-state index contributed by atoms with van der Waals surface area (Å²) in [4.78, 5) is 16.8. The Morgan fingerprint density at radius 2 is 1.78 bits per heavy atom. The molecule has 1 amide bonds. The first-order valence-electron chi connectivity index (χ1n) is 9.83. The summed E-state index contributed by atoms with van der Waals surface area (Å²) in [5.74, 6) is 6.40. The van der Waals surface area contributed by atoms with Crippen LogP contribution in [0.4, 0.5) is 11.5 Å². The van der Waals surface area contributed by atoms with Gasteiger partial charge in [-0.2, -0.15) is 5.10 Å². The number of nitrogens with one attached hydrogen (secondary N) is 1. The van der Waals surface area contributed by atoms with E-state index in [1.54, 1.807) is 47.4 Å². The molecule has 0 saturated carbocycles. The average Bonchev–Trinajstić information content (AvgIpc) is 3.21. The summed E-state index contributed by atoms with van der Waals surface area (Å²) in [5, 5.41) is 7.66. The monoisotopic (exact) mass is 441 g/mol. The lowest BCUT2D eigenvalue weighted by Crippen LogP contribution is -2.12. The summed E-state index contributed by atoms with van der Waals surface area (Å²) >= 11 is 5.89. The molecule has 4 aromatic rings. The van der Waals surface area contributed by atoms with Crippen molar-refractivity contribution < 1.29 is 4.79 Å². The SMILES string of the molecule is Cc1cc(C(=O)Nc2ccc(Cl)cc2)ccc1C#Cc1cc(-c2cnn(C)c2)cnc1N. The minimum Gasteiger partial charge on any atom is -0.383 e. The maximum Gasteiger partial charge on any atom is 0.255 e. The molecule has 0 atom stereocenters. The molecule has 0 spiro atoms. The van der Waals surface area contributed by atoms with E-state index < -0.39 is 0 Å². The first-order chi connectivity index (χ1) is 15.4. The van der Waals surface area contributed by atoms with Gasteiger partial charge in [-0.05, 0) is 61.0 Å². The molecular weight excluding hydrogens is 422 g/mol. The molecular formula is C25H20ClN5O. The number of carbonyl (C=O) groups excluding carboxylic acids is 1. The van der Waals surface area contributed by atoms with Gasteiger partial charge in [-0.25, -0.2) is 4.98 Å². The molecule has 0 fully saturated rings. The Morgan fingerprint density at radius 3 is 2.47 bits per heavy atom. The number of pyridine rings is 1. The highest BCUT2D eigenvalue weighted by Gasteiger charge is 2.09. The Balaban J connectivity index is 1.55. The molecule has 2 heterocycles. The molecule has 0 radical (unpaired) electrons. The number of nitrogen functional groups attached to an aromatic ring is 1. The molecule has 3 N–H and O–H groups in total. The van der Waals surface area contributed by atoms with Gasteiger partial charge in [0.25, 0.3) is 5.91 Å². The Labute approximate surface area is 191 Å². The molecule has 158 valence electrons. The lowest BCUT2D eigenvalue weighted by molar-refractivity contribution is 0.102. The van der Waals surface area contributed by atoms with Crippen LogP contribution in [0.1, 0.15) is 27.0 Å². The quantitative estimate of drug-likeness (QED) is 0.452. The standard InChI is InChI=1S/C25H20ClN5O/c1-16-11-19(25(32)30-23-9-7-22(26)8-10-23)6-4-17(16)3-5-18-12-20(13-28-24(18)27)21-14-29-31(2)15-21/h4,6-15H,1-2H3,(H2,27,28)(H,30,32). The van der Waals surface area contributed by atoms with E-state index in [1.807, 2.05) is 38.4 Å².